The molecule has 2 aromatic rings. The molecular weight excluding hydrogens is 224 g/mol. The van der Waals surface area contributed by atoms with Crippen LogP contribution in [0.3, 0.4) is 0 Å². The highest BCUT2D eigenvalue weighted by atomic mass is 16.2. The molecule has 1 aromatic carbocycles. The molecule has 0 amide bonds. The Labute approximate surface area is 107 Å². The number of benzene rings is 1. The lowest BCUT2D eigenvalue weighted by atomic mass is 10.1. The van der Waals surface area contributed by atoms with Gasteiger partial charge in [-0.25, -0.2) is 0 Å². The van der Waals surface area contributed by atoms with Crippen LogP contribution >= 0.6 is 0 Å². The van der Waals surface area contributed by atoms with Crippen LogP contribution < -0.4 is 0 Å². The van der Waals surface area contributed by atoms with Gasteiger partial charge in [0.05, 0.1) is 6.20 Å². The second-order valence-electron chi connectivity index (χ2n) is 5.06. The molecule has 1 aliphatic carbocycles. The molecule has 3 nitrogen and oxygen atoms in total. The van der Waals surface area contributed by atoms with Gasteiger partial charge in [0, 0.05) is 24.9 Å². The molecule has 18 heavy (non-hydrogen) atoms. The summed E-state index contributed by atoms with van der Waals surface area (Å²) < 4.78 is 2.05. The first-order valence-corrected chi connectivity index (χ1v) is 6.58. The standard InChI is InChI=1S/C15H18N2O/c18-8-7-12-3-5-14(6-4-12)15-9-16-17(11-15)10-13-1-2-13/h3-6,9,11,13,18H,1-2,7-8,10H2. The summed E-state index contributed by atoms with van der Waals surface area (Å²) >= 11 is 0. The van der Waals surface area contributed by atoms with E-state index < -0.39 is 0 Å². The summed E-state index contributed by atoms with van der Waals surface area (Å²) in [4.78, 5) is 0. The van der Waals surface area contributed by atoms with Crippen molar-refractivity contribution < 1.29 is 5.11 Å². The van der Waals surface area contributed by atoms with Gasteiger partial charge in [-0.05, 0) is 36.3 Å². The van der Waals surface area contributed by atoms with Crippen LogP contribution in [0.5, 0.6) is 0 Å². The summed E-state index contributed by atoms with van der Waals surface area (Å²) in [6.07, 6.45) is 7.49. The molecule has 94 valence electrons. The van der Waals surface area contributed by atoms with Gasteiger partial charge in [-0.1, -0.05) is 24.3 Å². The third-order valence-electron chi connectivity index (χ3n) is 3.46. The maximum Gasteiger partial charge on any atom is 0.0568 e. The van der Waals surface area contributed by atoms with Gasteiger partial charge in [0.1, 0.15) is 0 Å². The Bertz CT molecular complexity index is 512. The van der Waals surface area contributed by atoms with Gasteiger partial charge in [-0.3, -0.25) is 4.68 Å². The Kier molecular flexibility index (Phi) is 3.15. The zero-order valence-corrected chi connectivity index (χ0v) is 10.4. The number of aliphatic hydroxyl groups is 1. The van der Waals surface area contributed by atoms with Crippen molar-refractivity contribution in [1.82, 2.24) is 9.78 Å². The lowest BCUT2D eigenvalue weighted by Gasteiger charge is -2.01. The van der Waals surface area contributed by atoms with Crippen LogP contribution in [0.25, 0.3) is 11.1 Å². The second-order valence-corrected chi connectivity index (χ2v) is 5.06. The van der Waals surface area contributed by atoms with Crippen molar-refractivity contribution in [1.29, 1.82) is 0 Å². The van der Waals surface area contributed by atoms with Gasteiger partial charge < -0.3 is 5.11 Å². The molecule has 0 unspecified atom stereocenters. The van der Waals surface area contributed by atoms with E-state index in [1.165, 1.54) is 29.5 Å². The third-order valence-corrected chi connectivity index (χ3v) is 3.46. The zero-order valence-electron chi connectivity index (χ0n) is 10.4. The van der Waals surface area contributed by atoms with Gasteiger partial charge in [0.2, 0.25) is 0 Å². The van der Waals surface area contributed by atoms with Crippen LogP contribution in [-0.4, -0.2) is 21.5 Å². The molecule has 0 radical (unpaired) electrons. The van der Waals surface area contributed by atoms with E-state index >= 15 is 0 Å². The first kappa shape index (κ1) is 11.5. The lowest BCUT2D eigenvalue weighted by Crippen LogP contribution is -1.98. The summed E-state index contributed by atoms with van der Waals surface area (Å²) in [5.41, 5.74) is 3.54. The average molecular weight is 242 g/mol. The maximum atomic E-state index is 8.89. The fraction of sp³-hybridized carbons (Fsp3) is 0.400. The minimum Gasteiger partial charge on any atom is -0.396 e. The summed E-state index contributed by atoms with van der Waals surface area (Å²) in [7, 11) is 0. The van der Waals surface area contributed by atoms with Crippen molar-refractivity contribution >= 4 is 0 Å². The van der Waals surface area contributed by atoms with Crippen LogP contribution in [0.15, 0.2) is 36.7 Å². The molecule has 1 heterocycles. The molecule has 0 bridgehead atoms. The molecular formula is C15H18N2O. The first-order valence-electron chi connectivity index (χ1n) is 6.58. The largest absolute Gasteiger partial charge is 0.396 e. The Morgan fingerprint density at radius 1 is 1.17 bits per heavy atom. The predicted molar refractivity (Wildman–Crippen MR) is 71.2 cm³/mol. The first-order chi connectivity index (χ1) is 8.85. The van der Waals surface area contributed by atoms with Crippen molar-refractivity contribution in [2.75, 3.05) is 6.61 Å². The van der Waals surface area contributed by atoms with Crippen molar-refractivity contribution in [3.8, 4) is 11.1 Å². The molecule has 0 spiro atoms. The highest BCUT2D eigenvalue weighted by Gasteiger charge is 2.21. The molecule has 1 saturated carbocycles. The molecule has 0 atom stereocenters. The van der Waals surface area contributed by atoms with Crippen molar-refractivity contribution in [2.24, 2.45) is 5.92 Å². The van der Waals surface area contributed by atoms with Crippen molar-refractivity contribution in [3.63, 3.8) is 0 Å². The second kappa shape index (κ2) is 4.94. The number of hydrogen-bond donors (Lipinski definition) is 1. The van der Waals surface area contributed by atoms with Crippen molar-refractivity contribution in [2.45, 2.75) is 25.8 Å². The van der Waals surface area contributed by atoms with E-state index in [9.17, 15) is 0 Å². The van der Waals surface area contributed by atoms with E-state index in [1.54, 1.807) is 0 Å². The smallest absolute Gasteiger partial charge is 0.0568 e. The molecule has 0 saturated heterocycles. The number of hydrogen-bond acceptors (Lipinski definition) is 2. The van der Waals surface area contributed by atoms with Crippen molar-refractivity contribution in [3.05, 3.63) is 42.2 Å². The van der Waals surface area contributed by atoms with E-state index in [0.717, 1.165) is 18.9 Å². The van der Waals surface area contributed by atoms with Gasteiger partial charge in [-0.2, -0.15) is 5.10 Å². The van der Waals surface area contributed by atoms with Crippen LogP contribution in [0.4, 0.5) is 0 Å². The fourth-order valence-electron chi connectivity index (χ4n) is 2.17. The summed E-state index contributed by atoms with van der Waals surface area (Å²) in [6, 6.07) is 8.35. The maximum absolute atomic E-state index is 8.89. The highest BCUT2D eigenvalue weighted by molar-refractivity contribution is 5.61. The van der Waals surface area contributed by atoms with Crippen LogP contribution in [0, 0.1) is 5.92 Å². The number of nitrogens with zero attached hydrogens (tertiary/aromatic N) is 2. The van der Waals surface area contributed by atoms with Crippen LogP contribution in [0.2, 0.25) is 0 Å². The molecule has 1 aromatic heterocycles. The highest BCUT2D eigenvalue weighted by Crippen LogP contribution is 2.30. The van der Waals surface area contributed by atoms with E-state index in [-0.39, 0.29) is 6.61 Å². The minimum absolute atomic E-state index is 0.207. The number of aromatic nitrogens is 2. The number of aliphatic hydroxyl groups excluding tert-OH is 1. The normalized spacial score (nSPS) is 14.9. The molecule has 0 aliphatic heterocycles. The van der Waals surface area contributed by atoms with E-state index in [0.29, 0.717) is 0 Å². The Morgan fingerprint density at radius 2 is 1.94 bits per heavy atom. The summed E-state index contributed by atoms with van der Waals surface area (Å²) in [5.74, 6) is 0.852. The lowest BCUT2D eigenvalue weighted by molar-refractivity contribution is 0.299. The molecule has 1 fully saturated rings. The van der Waals surface area contributed by atoms with Gasteiger partial charge in [-0.15, -0.1) is 0 Å². The van der Waals surface area contributed by atoms with Crippen LogP contribution in [-0.2, 0) is 13.0 Å². The molecule has 3 heteroatoms. The van der Waals surface area contributed by atoms with E-state index in [4.69, 9.17) is 5.11 Å². The van der Waals surface area contributed by atoms with Gasteiger partial charge >= 0.3 is 0 Å². The quantitative estimate of drug-likeness (QED) is 0.874. The predicted octanol–water partition coefficient (Wildman–Crippen LogP) is 2.49. The number of rotatable bonds is 5. The SMILES string of the molecule is OCCc1ccc(-c2cnn(CC3CC3)c2)cc1. The minimum atomic E-state index is 0.207. The topological polar surface area (TPSA) is 38.1 Å². The molecule has 3 rings (SSSR count). The monoisotopic (exact) mass is 242 g/mol. The fourth-order valence-corrected chi connectivity index (χ4v) is 2.17. The Balaban J connectivity index is 1.74. The average Bonchev–Trinajstić information content (AvgIpc) is 3.07. The molecule has 1 N–H and O–H groups in total. The summed E-state index contributed by atoms with van der Waals surface area (Å²) in [5, 5.41) is 13.3. The van der Waals surface area contributed by atoms with Gasteiger partial charge in [0.15, 0.2) is 0 Å². The van der Waals surface area contributed by atoms with E-state index in [1.807, 2.05) is 6.20 Å². The van der Waals surface area contributed by atoms with Crippen LogP contribution in [0.1, 0.15) is 18.4 Å². The molecule has 1 aliphatic rings. The van der Waals surface area contributed by atoms with Gasteiger partial charge in [0.25, 0.3) is 0 Å². The Hall–Kier alpha value is -1.61. The summed E-state index contributed by atoms with van der Waals surface area (Å²) in [6.45, 7) is 1.27. The Morgan fingerprint density at radius 3 is 2.61 bits per heavy atom. The van der Waals surface area contributed by atoms with E-state index in [2.05, 4.69) is 40.2 Å². The third kappa shape index (κ3) is 2.62. The zero-order chi connectivity index (χ0) is 12.4.